The Bertz CT molecular complexity index is 359. The molecule has 1 aliphatic carbocycles. The number of rotatable bonds is 3. The minimum absolute atomic E-state index is 0.442. The third-order valence-corrected chi connectivity index (χ3v) is 4.28. The summed E-state index contributed by atoms with van der Waals surface area (Å²) >= 11 is 0. The maximum Gasteiger partial charge on any atom is 0.150 e. The Kier molecular flexibility index (Phi) is 3.14. The summed E-state index contributed by atoms with van der Waals surface area (Å²) in [6, 6.07) is 1.18. The van der Waals surface area contributed by atoms with Crippen molar-refractivity contribution in [3.8, 4) is 0 Å². The molecule has 1 aliphatic heterocycles. The van der Waals surface area contributed by atoms with Crippen LogP contribution in [0.5, 0.6) is 0 Å². The van der Waals surface area contributed by atoms with E-state index in [4.69, 9.17) is 0 Å². The summed E-state index contributed by atoms with van der Waals surface area (Å²) in [6.45, 7) is 3.24. The molecule has 1 saturated carbocycles. The van der Waals surface area contributed by atoms with Crippen LogP contribution in [0.25, 0.3) is 0 Å². The molecule has 3 atom stereocenters. The normalized spacial score (nSPS) is 32.6. The minimum atomic E-state index is 0.442. The van der Waals surface area contributed by atoms with Gasteiger partial charge in [-0.15, -0.1) is 10.2 Å². The summed E-state index contributed by atoms with van der Waals surface area (Å²) in [5.41, 5.74) is 0. The van der Waals surface area contributed by atoms with E-state index in [-0.39, 0.29) is 0 Å². The van der Waals surface area contributed by atoms with E-state index in [0.29, 0.717) is 6.04 Å². The molecule has 2 fully saturated rings. The first kappa shape index (κ1) is 11.2. The van der Waals surface area contributed by atoms with Gasteiger partial charge in [-0.25, -0.2) is 0 Å². The van der Waals surface area contributed by atoms with Crippen molar-refractivity contribution in [2.45, 2.75) is 64.1 Å². The van der Waals surface area contributed by atoms with Gasteiger partial charge in [-0.1, -0.05) is 19.8 Å². The van der Waals surface area contributed by atoms with Crippen molar-refractivity contribution < 1.29 is 0 Å². The average Bonchev–Trinajstić information content (AvgIpc) is 2.94. The molecule has 4 nitrogen and oxygen atoms in total. The molecule has 0 amide bonds. The molecule has 17 heavy (non-hydrogen) atoms. The lowest BCUT2D eigenvalue weighted by Gasteiger charge is -2.24. The van der Waals surface area contributed by atoms with Gasteiger partial charge in [-0.3, -0.25) is 0 Å². The summed E-state index contributed by atoms with van der Waals surface area (Å²) in [4.78, 5) is 0. The number of fused-ring (bicyclic) bond motifs is 1. The standard InChI is InChI=1S/C13H22N4/c1-2-7-17-9-14-16-13(17)12-8-10-5-3-4-6-11(10)15-12/h9-12,15H,2-8H2,1H3. The van der Waals surface area contributed by atoms with Gasteiger partial charge in [0.25, 0.3) is 0 Å². The van der Waals surface area contributed by atoms with E-state index >= 15 is 0 Å². The van der Waals surface area contributed by atoms with Crippen LogP contribution in [-0.2, 0) is 6.54 Å². The van der Waals surface area contributed by atoms with E-state index in [1.54, 1.807) is 0 Å². The fourth-order valence-electron chi connectivity index (χ4n) is 3.47. The van der Waals surface area contributed by atoms with Crippen LogP contribution < -0.4 is 5.32 Å². The van der Waals surface area contributed by atoms with Gasteiger partial charge in [0.05, 0.1) is 6.04 Å². The van der Waals surface area contributed by atoms with Crippen molar-refractivity contribution in [3.05, 3.63) is 12.2 Å². The van der Waals surface area contributed by atoms with Crippen molar-refractivity contribution in [1.82, 2.24) is 20.1 Å². The molecule has 2 heterocycles. The molecule has 1 N–H and O–H groups in total. The van der Waals surface area contributed by atoms with Gasteiger partial charge in [0.1, 0.15) is 12.2 Å². The Morgan fingerprint density at radius 3 is 3.12 bits per heavy atom. The maximum atomic E-state index is 4.33. The van der Waals surface area contributed by atoms with Gasteiger partial charge in [0.2, 0.25) is 0 Å². The lowest BCUT2D eigenvalue weighted by Crippen LogP contribution is -2.31. The molecular formula is C13H22N4. The van der Waals surface area contributed by atoms with Crippen molar-refractivity contribution in [1.29, 1.82) is 0 Å². The van der Waals surface area contributed by atoms with Crippen molar-refractivity contribution in [3.63, 3.8) is 0 Å². The fourth-order valence-corrected chi connectivity index (χ4v) is 3.47. The molecule has 0 spiro atoms. The molecule has 0 radical (unpaired) electrons. The number of hydrogen-bond donors (Lipinski definition) is 1. The highest BCUT2D eigenvalue weighted by Crippen LogP contribution is 2.38. The van der Waals surface area contributed by atoms with Crippen LogP contribution in [-0.4, -0.2) is 20.8 Å². The van der Waals surface area contributed by atoms with Gasteiger partial charge in [-0.2, -0.15) is 0 Å². The van der Waals surface area contributed by atoms with Crippen molar-refractivity contribution in [2.24, 2.45) is 5.92 Å². The predicted molar refractivity (Wildman–Crippen MR) is 66.6 cm³/mol. The van der Waals surface area contributed by atoms with Gasteiger partial charge < -0.3 is 9.88 Å². The van der Waals surface area contributed by atoms with E-state index < -0.39 is 0 Å². The molecule has 3 unspecified atom stereocenters. The van der Waals surface area contributed by atoms with E-state index in [2.05, 4.69) is 27.0 Å². The molecule has 1 aromatic rings. The highest BCUT2D eigenvalue weighted by Gasteiger charge is 2.37. The minimum Gasteiger partial charge on any atom is -0.316 e. The third-order valence-electron chi connectivity index (χ3n) is 4.28. The topological polar surface area (TPSA) is 42.7 Å². The zero-order valence-electron chi connectivity index (χ0n) is 10.6. The molecule has 94 valence electrons. The molecule has 0 aromatic carbocycles. The van der Waals surface area contributed by atoms with E-state index in [9.17, 15) is 0 Å². The summed E-state index contributed by atoms with van der Waals surface area (Å²) < 4.78 is 2.22. The molecule has 0 bridgehead atoms. The van der Waals surface area contributed by atoms with Gasteiger partial charge in [-0.05, 0) is 31.6 Å². The largest absolute Gasteiger partial charge is 0.316 e. The summed E-state index contributed by atoms with van der Waals surface area (Å²) in [7, 11) is 0. The summed E-state index contributed by atoms with van der Waals surface area (Å²) in [6.07, 6.45) is 9.83. The quantitative estimate of drug-likeness (QED) is 0.872. The van der Waals surface area contributed by atoms with Gasteiger partial charge >= 0.3 is 0 Å². The molecule has 1 saturated heterocycles. The maximum absolute atomic E-state index is 4.33. The van der Waals surface area contributed by atoms with Crippen LogP contribution in [0.3, 0.4) is 0 Å². The zero-order valence-corrected chi connectivity index (χ0v) is 10.6. The van der Waals surface area contributed by atoms with E-state index in [1.807, 2.05) is 6.33 Å². The van der Waals surface area contributed by atoms with Crippen molar-refractivity contribution >= 4 is 0 Å². The fraction of sp³-hybridized carbons (Fsp3) is 0.846. The second-order valence-electron chi connectivity index (χ2n) is 5.49. The first-order chi connectivity index (χ1) is 8.38. The highest BCUT2D eigenvalue weighted by molar-refractivity contribution is 5.03. The van der Waals surface area contributed by atoms with Crippen LogP contribution >= 0.6 is 0 Å². The van der Waals surface area contributed by atoms with Crippen LogP contribution in [0.2, 0.25) is 0 Å². The van der Waals surface area contributed by atoms with Crippen LogP contribution in [0, 0.1) is 5.92 Å². The van der Waals surface area contributed by atoms with Gasteiger partial charge in [0, 0.05) is 12.6 Å². The first-order valence-corrected chi connectivity index (χ1v) is 7.02. The number of nitrogens with zero attached hydrogens (tertiary/aromatic N) is 3. The SMILES string of the molecule is CCCn1cnnc1C1CC2CCCCC2N1. The Hall–Kier alpha value is -0.900. The number of aryl methyl sites for hydroxylation is 1. The summed E-state index contributed by atoms with van der Waals surface area (Å²) in [5.74, 6) is 2.03. The van der Waals surface area contributed by atoms with Gasteiger partial charge in [0.15, 0.2) is 0 Å². The molecule has 2 aliphatic rings. The van der Waals surface area contributed by atoms with Crippen LogP contribution in [0.1, 0.15) is 57.3 Å². The smallest absolute Gasteiger partial charge is 0.150 e. The first-order valence-electron chi connectivity index (χ1n) is 7.02. The Morgan fingerprint density at radius 1 is 1.41 bits per heavy atom. The molecule has 4 heteroatoms. The Morgan fingerprint density at radius 2 is 2.29 bits per heavy atom. The number of nitrogens with one attached hydrogen (secondary N) is 1. The Labute approximate surface area is 103 Å². The van der Waals surface area contributed by atoms with Crippen LogP contribution in [0.15, 0.2) is 6.33 Å². The molecular weight excluding hydrogens is 212 g/mol. The lowest BCUT2D eigenvalue weighted by atomic mass is 9.85. The summed E-state index contributed by atoms with van der Waals surface area (Å²) in [5, 5.41) is 12.2. The number of aromatic nitrogens is 3. The average molecular weight is 234 g/mol. The molecule has 3 rings (SSSR count). The number of hydrogen-bond acceptors (Lipinski definition) is 3. The zero-order chi connectivity index (χ0) is 11.7. The Balaban J connectivity index is 1.74. The van der Waals surface area contributed by atoms with E-state index in [0.717, 1.165) is 30.7 Å². The molecule has 1 aromatic heterocycles. The van der Waals surface area contributed by atoms with Crippen molar-refractivity contribution in [2.75, 3.05) is 0 Å². The second-order valence-corrected chi connectivity index (χ2v) is 5.49. The second kappa shape index (κ2) is 4.77. The van der Waals surface area contributed by atoms with E-state index in [1.165, 1.54) is 32.1 Å². The monoisotopic (exact) mass is 234 g/mol. The van der Waals surface area contributed by atoms with Crippen LogP contribution in [0.4, 0.5) is 0 Å². The predicted octanol–water partition coefficient (Wildman–Crippen LogP) is 2.28. The third kappa shape index (κ3) is 2.10. The lowest BCUT2D eigenvalue weighted by molar-refractivity contribution is 0.325. The highest BCUT2D eigenvalue weighted by atomic mass is 15.3.